The summed E-state index contributed by atoms with van der Waals surface area (Å²) in [6, 6.07) is 0. The number of hydrogen-bond acceptors (Lipinski definition) is 1. The molecule has 2 unspecified atom stereocenters. The van der Waals surface area contributed by atoms with Gasteiger partial charge < -0.3 is 4.89 Å². The van der Waals surface area contributed by atoms with Crippen LogP contribution in [0.5, 0.6) is 0 Å². The van der Waals surface area contributed by atoms with Crippen LogP contribution in [0.1, 0.15) is 0 Å². The van der Waals surface area contributed by atoms with Gasteiger partial charge in [0.1, 0.15) is 0 Å². The Labute approximate surface area is 41.4 Å². The summed E-state index contributed by atoms with van der Waals surface area (Å²) in [5.74, 6) is 0. The second kappa shape index (κ2) is 8.83. The molecule has 0 saturated heterocycles. The molecule has 1 N–H and O–H groups in total. The maximum Gasteiger partial charge on any atom is 0.0286 e. The van der Waals surface area contributed by atoms with Crippen molar-refractivity contribution in [3.8, 4) is 0 Å². The van der Waals surface area contributed by atoms with E-state index in [0.717, 1.165) is 0 Å². The first-order valence-corrected chi connectivity index (χ1v) is 3.27. The van der Waals surface area contributed by atoms with Crippen molar-refractivity contribution in [2.24, 2.45) is 0 Å². The van der Waals surface area contributed by atoms with E-state index in [4.69, 9.17) is 4.89 Å². The Balaban J connectivity index is 0. The van der Waals surface area contributed by atoms with Crippen LogP contribution in [-0.4, -0.2) is 4.89 Å². The molecule has 0 rings (SSSR count). The molecule has 2 atom stereocenters. The SMILES string of the molecule is OPP.[V]. The molecule has 0 fully saturated rings. The van der Waals surface area contributed by atoms with E-state index in [9.17, 15) is 0 Å². The predicted molar refractivity (Wildman–Crippen MR) is 20.2 cm³/mol. The predicted octanol–water partition coefficient (Wildman–Crippen LogP) is 0.360. The smallest absolute Gasteiger partial charge is 0.0286 e. The molecule has 4 heavy (non-hydrogen) atoms. The monoisotopic (exact) mass is 133 g/mol. The fraction of sp³-hybridized carbons (Fsp3) is 0. The van der Waals surface area contributed by atoms with Crippen molar-refractivity contribution in [2.75, 3.05) is 0 Å². The van der Waals surface area contributed by atoms with Gasteiger partial charge in [-0.3, -0.25) is 0 Å². The molecule has 0 spiro atoms. The summed E-state index contributed by atoms with van der Waals surface area (Å²) in [5.41, 5.74) is 0. The van der Waals surface area contributed by atoms with Crippen molar-refractivity contribution in [1.82, 2.24) is 0 Å². The Kier molecular flexibility index (Phi) is 20.0. The van der Waals surface area contributed by atoms with Gasteiger partial charge in [-0.15, -0.1) is 0 Å². The Morgan fingerprint density at radius 2 is 1.75 bits per heavy atom. The third-order valence-electron chi connectivity index (χ3n) is 0. The van der Waals surface area contributed by atoms with E-state index >= 15 is 0 Å². The summed E-state index contributed by atoms with van der Waals surface area (Å²) in [6.07, 6.45) is 0. The summed E-state index contributed by atoms with van der Waals surface area (Å²) < 4.78 is 0. The van der Waals surface area contributed by atoms with Gasteiger partial charge in [0.05, 0.1) is 0 Å². The number of hydrogen-bond donors (Lipinski definition) is 1. The summed E-state index contributed by atoms with van der Waals surface area (Å²) in [4.78, 5) is 7.56. The van der Waals surface area contributed by atoms with E-state index in [2.05, 4.69) is 8.93 Å². The molecule has 1 nitrogen and oxygen atoms in total. The minimum Gasteiger partial charge on any atom is -0.373 e. The third kappa shape index (κ3) is 9.98. The Bertz CT molecular complexity index is 6.00. The molecule has 0 aromatic rings. The molecule has 0 aliphatic carbocycles. The molecule has 1 radical (unpaired) electrons. The molecule has 0 aromatic carbocycles. The molecule has 0 aromatic heterocycles. The third-order valence-corrected chi connectivity index (χ3v) is 0. The van der Waals surface area contributed by atoms with Crippen molar-refractivity contribution in [3.05, 3.63) is 0 Å². The minimum absolute atomic E-state index is 0. The van der Waals surface area contributed by atoms with Crippen LogP contribution in [0.25, 0.3) is 0 Å². The molecule has 25 valence electrons. The Hall–Kier alpha value is 1.40. The van der Waals surface area contributed by atoms with Crippen LogP contribution in [0.15, 0.2) is 0 Å². The first kappa shape index (κ1) is 9.05. The first-order valence-electron chi connectivity index (χ1n) is 0.512. The van der Waals surface area contributed by atoms with E-state index in [1.165, 1.54) is 0 Å². The maximum atomic E-state index is 7.56. The quantitative estimate of drug-likeness (QED) is 0.473. The van der Waals surface area contributed by atoms with Gasteiger partial charge in [-0.05, 0) is 0 Å². The summed E-state index contributed by atoms with van der Waals surface area (Å²) in [7, 11) is 2.16. The summed E-state index contributed by atoms with van der Waals surface area (Å²) in [6.45, 7) is 0. The minimum atomic E-state index is 0. The summed E-state index contributed by atoms with van der Waals surface area (Å²) >= 11 is 0. The van der Waals surface area contributed by atoms with Crippen LogP contribution in [0.3, 0.4) is 0 Å². The molecule has 0 saturated carbocycles. The molecule has 0 heterocycles. The second-order valence-electron chi connectivity index (χ2n) is 0.129. The van der Waals surface area contributed by atoms with Crippen molar-refractivity contribution in [2.45, 2.75) is 0 Å². The van der Waals surface area contributed by atoms with Crippen LogP contribution < -0.4 is 0 Å². The molecule has 4 heteroatoms. The molecule has 0 aliphatic rings. The fourth-order valence-corrected chi connectivity index (χ4v) is 0. The molecule has 0 aliphatic heterocycles. The van der Waals surface area contributed by atoms with Crippen LogP contribution in [0.4, 0.5) is 0 Å². The van der Waals surface area contributed by atoms with Gasteiger partial charge in [0, 0.05) is 27.1 Å². The van der Waals surface area contributed by atoms with Gasteiger partial charge in [-0.1, -0.05) is 8.93 Å². The van der Waals surface area contributed by atoms with Gasteiger partial charge in [0.15, 0.2) is 0 Å². The molecular weight excluding hydrogens is 129 g/mol. The van der Waals surface area contributed by atoms with E-state index in [1.54, 1.807) is 0 Å². The van der Waals surface area contributed by atoms with E-state index in [1.807, 2.05) is 0 Å². The average Bonchev–Trinajstić information content (AvgIpc) is 0.918. The van der Waals surface area contributed by atoms with Gasteiger partial charge in [0.2, 0.25) is 0 Å². The Morgan fingerprint density at radius 3 is 1.75 bits per heavy atom. The van der Waals surface area contributed by atoms with Gasteiger partial charge in [-0.25, -0.2) is 0 Å². The van der Waals surface area contributed by atoms with Crippen LogP contribution in [0, 0.1) is 0 Å². The van der Waals surface area contributed by atoms with Gasteiger partial charge in [0.25, 0.3) is 0 Å². The molecule has 0 bridgehead atoms. The zero-order valence-corrected chi connectivity index (χ0v) is 5.52. The summed E-state index contributed by atoms with van der Waals surface area (Å²) in [5, 5.41) is 0. The molecular formula is H4OP2V. The second-order valence-corrected chi connectivity index (χ2v) is 1.16. The largest absolute Gasteiger partial charge is 0.373 e. The van der Waals surface area contributed by atoms with Gasteiger partial charge in [-0.2, -0.15) is 0 Å². The van der Waals surface area contributed by atoms with Gasteiger partial charge >= 0.3 is 0 Å². The Morgan fingerprint density at radius 1 is 1.75 bits per heavy atom. The fourth-order valence-electron chi connectivity index (χ4n) is 0. The van der Waals surface area contributed by atoms with Crippen molar-refractivity contribution in [1.29, 1.82) is 0 Å². The van der Waals surface area contributed by atoms with Crippen molar-refractivity contribution in [3.63, 3.8) is 0 Å². The van der Waals surface area contributed by atoms with Crippen LogP contribution in [-0.2, 0) is 18.6 Å². The number of rotatable bonds is 0. The average molecular weight is 133 g/mol. The normalized spacial score (nSPS) is 7.50. The maximum absolute atomic E-state index is 7.56. The zero-order chi connectivity index (χ0) is 2.71. The van der Waals surface area contributed by atoms with Crippen LogP contribution >= 0.6 is 17.4 Å². The van der Waals surface area contributed by atoms with Crippen molar-refractivity contribution >= 4 is 17.4 Å². The van der Waals surface area contributed by atoms with E-state index in [0.29, 0.717) is 0 Å². The standard InChI is InChI=1S/H4OP2.V/c1-3-2;/h1,3H,2H2;. The molecule has 0 amide bonds. The topological polar surface area (TPSA) is 20.2 Å². The van der Waals surface area contributed by atoms with E-state index in [-0.39, 0.29) is 27.1 Å². The van der Waals surface area contributed by atoms with Crippen LogP contribution in [0.2, 0.25) is 0 Å². The van der Waals surface area contributed by atoms with Crippen molar-refractivity contribution < 1.29 is 23.4 Å². The van der Waals surface area contributed by atoms with E-state index < -0.39 is 0 Å². The zero-order valence-electron chi connectivity index (χ0n) is 1.97. The first-order chi connectivity index (χ1) is 1.41.